The van der Waals surface area contributed by atoms with Gasteiger partial charge in [-0.25, -0.2) is 0 Å². The molecule has 0 aliphatic heterocycles. The monoisotopic (exact) mass is 331 g/mol. The number of hydrogen-bond acceptors (Lipinski definition) is 3. The summed E-state index contributed by atoms with van der Waals surface area (Å²) in [7, 11) is 3.78. The number of anilines is 1. The predicted octanol–water partition coefficient (Wildman–Crippen LogP) is 2.41. The molecule has 0 heterocycles. The maximum absolute atomic E-state index is 12.1. The lowest BCUT2D eigenvalue weighted by molar-refractivity contribution is -0.121. The Balaban J connectivity index is 1.92. The third kappa shape index (κ3) is 4.72. The highest BCUT2D eigenvalue weighted by atomic mass is 35.5. The van der Waals surface area contributed by atoms with Crippen molar-refractivity contribution in [3.05, 3.63) is 64.7 Å². The van der Waals surface area contributed by atoms with Crippen LogP contribution in [0, 0.1) is 0 Å². The summed E-state index contributed by atoms with van der Waals surface area (Å²) < 4.78 is 0. The minimum Gasteiger partial charge on any atom is -0.378 e. The molecule has 0 radical (unpaired) electrons. The van der Waals surface area contributed by atoms with Crippen molar-refractivity contribution in [1.82, 2.24) is 10.9 Å². The summed E-state index contributed by atoms with van der Waals surface area (Å²) in [6.07, 6.45) is 0.0949. The standard InChI is InChI=1S/C17H18ClN3O2/c1-21(2)14-8-5-7-13(10-14)17(23)20-19-16(22)11-12-6-3-4-9-15(12)18/h3-10H,11H2,1-2H3,(H,19,22)(H,20,23). The number of carbonyl (C=O) groups is 2. The zero-order chi connectivity index (χ0) is 16.8. The summed E-state index contributed by atoms with van der Waals surface area (Å²) in [6, 6.07) is 14.2. The van der Waals surface area contributed by atoms with Crippen molar-refractivity contribution in [2.75, 3.05) is 19.0 Å². The van der Waals surface area contributed by atoms with E-state index in [1.165, 1.54) is 0 Å². The van der Waals surface area contributed by atoms with Gasteiger partial charge in [-0.3, -0.25) is 20.4 Å². The topological polar surface area (TPSA) is 61.4 Å². The number of halogens is 1. The second-order valence-electron chi connectivity index (χ2n) is 5.22. The molecule has 2 N–H and O–H groups in total. The molecule has 0 fully saturated rings. The first kappa shape index (κ1) is 16.8. The van der Waals surface area contributed by atoms with Crippen LogP contribution in [-0.2, 0) is 11.2 Å². The number of hydrogen-bond donors (Lipinski definition) is 2. The first-order valence-electron chi connectivity index (χ1n) is 7.07. The van der Waals surface area contributed by atoms with Crippen LogP contribution in [0.2, 0.25) is 5.02 Å². The minimum atomic E-state index is -0.374. The molecule has 0 bridgehead atoms. The largest absolute Gasteiger partial charge is 0.378 e. The lowest BCUT2D eigenvalue weighted by Gasteiger charge is -2.13. The molecule has 2 amide bonds. The Morgan fingerprint density at radius 1 is 1.04 bits per heavy atom. The molecule has 2 aromatic rings. The average Bonchev–Trinajstić information content (AvgIpc) is 2.55. The highest BCUT2D eigenvalue weighted by Crippen LogP contribution is 2.15. The van der Waals surface area contributed by atoms with E-state index in [4.69, 9.17) is 11.6 Å². The van der Waals surface area contributed by atoms with Gasteiger partial charge in [0.2, 0.25) is 5.91 Å². The van der Waals surface area contributed by atoms with E-state index in [0.717, 1.165) is 5.69 Å². The molecule has 0 saturated heterocycles. The van der Waals surface area contributed by atoms with E-state index >= 15 is 0 Å². The van der Waals surface area contributed by atoms with Gasteiger partial charge in [0.05, 0.1) is 6.42 Å². The third-order valence-corrected chi connectivity index (χ3v) is 3.62. The summed E-state index contributed by atoms with van der Waals surface area (Å²) in [5, 5.41) is 0.521. The number of benzene rings is 2. The Bertz CT molecular complexity index is 716. The molecule has 0 aliphatic rings. The maximum atomic E-state index is 12.1. The molecule has 0 aromatic heterocycles. The fourth-order valence-electron chi connectivity index (χ4n) is 1.98. The van der Waals surface area contributed by atoms with Gasteiger partial charge >= 0.3 is 0 Å². The van der Waals surface area contributed by atoms with Crippen molar-refractivity contribution >= 4 is 29.1 Å². The minimum absolute atomic E-state index is 0.0949. The molecule has 0 atom stereocenters. The van der Waals surface area contributed by atoms with Gasteiger partial charge in [-0.1, -0.05) is 35.9 Å². The molecular weight excluding hydrogens is 314 g/mol. The molecular formula is C17H18ClN3O2. The van der Waals surface area contributed by atoms with Gasteiger partial charge in [0.1, 0.15) is 0 Å². The zero-order valence-electron chi connectivity index (χ0n) is 13.0. The Labute approximate surface area is 140 Å². The Hall–Kier alpha value is -2.53. The average molecular weight is 332 g/mol. The molecule has 2 aromatic carbocycles. The van der Waals surface area contributed by atoms with E-state index in [1.54, 1.807) is 42.5 Å². The fourth-order valence-corrected chi connectivity index (χ4v) is 2.19. The van der Waals surface area contributed by atoms with Crippen molar-refractivity contribution in [2.24, 2.45) is 0 Å². The van der Waals surface area contributed by atoms with Crippen molar-refractivity contribution < 1.29 is 9.59 Å². The van der Waals surface area contributed by atoms with Crippen LogP contribution in [0.25, 0.3) is 0 Å². The van der Waals surface area contributed by atoms with Crippen LogP contribution in [0.5, 0.6) is 0 Å². The molecule has 0 saturated carbocycles. The van der Waals surface area contributed by atoms with Crippen LogP contribution in [0.3, 0.4) is 0 Å². The van der Waals surface area contributed by atoms with Crippen molar-refractivity contribution in [1.29, 1.82) is 0 Å². The second-order valence-corrected chi connectivity index (χ2v) is 5.62. The van der Waals surface area contributed by atoms with E-state index in [2.05, 4.69) is 10.9 Å². The molecule has 5 nitrogen and oxygen atoms in total. The number of carbonyl (C=O) groups excluding carboxylic acids is 2. The second kappa shape index (κ2) is 7.65. The normalized spacial score (nSPS) is 10.0. The Kier molecular flexibility index (Phi) is 5.60. The van der Waals surface area contributed by atoms with Gasteiger partial charge in [-0.05, 0) is 29.8 Å². The molecule has 0 spiro atoms. The third-order valence-electron chi connectivity index (χ3n) is 3.25. The van der Waals surface area contributed by atoms with Gasteiger partial charge in [0, 0.05) is 30.4 Å². The van der Waals surface area contributed by atoms with Gasteiger partial charge in [-0.15, -0.1) is 0 Å². The maximum Gasteiger partial charge on any atom is 0.269 e. The smallest absolute Gasteiger partial charge is 0.269 e. The van der Waals surface area contributed by atoms with E-state index in [1.807, 2.05) is 25.1 Å². The fraction of sp³-hybridized carbons (Fsp3) is 0.176. The number of hydrazine groups is 1. The molecule has 0 unspecified atom stereocenters. The van der Waals surface area contributed by atoms with Crippen LogP contribution in [-0.4, -0.2) is 25.9 Å². The van der Waals surface area contributed by atoms with Crippen molar-refractivity contribution in [3.8, 4) is 0 Å². The van der Waals surface area contributed by atoms with E-state index in [9.17, 15) is 9.59 Å². The van der Waals surface area contributed by atoms with Crippen molar-refractivity contribution in [3.63, 3.8) is 0 Å². The number of rotatable bonds is 4. The number of amides is 2. The molecule has 120 valence electrons. The number of nitrogens with one attached hydrogen (secondary N) is 2. The van der Waals surface area contributed by atoms with Crippen molar-refractivity contribution in [2.45, 2.75) is 6.42 Å². The van der Waals surface area contributed by atoms with Gasteiger partial charge in [-0.2, -0.15) is 0 Å². The van der Waals surface area contributed by atoms with E-state index in [-0.39, 0.29) is 18.2 Å². The summed E-state index contributed by atoms with van der Waals surface area (Å²) in [6.45, 7) is 0. The summed E-state index contributed by atoms with van der Waals surface area (Å²) in [4.78, 5) is 25.9. The lowest BCUT2D eigenvalue weighted by atomic mass is 10.1. The summed E-state index contributed by atoms with van der Waals surface area (Å²) in [5.41, 5.74) is 6.87. The molecule has 2 rings (SSSR count). The summed E-state index contributed by atoms with van der Waals surface area (Å²) >= 11 is 6.00. The molecule has 6 heteroatoms. The summed E-state index contributed by atoms with van der Waals surface area (Å²) in [5.74, 6) is -0.712. The number of nitrogens with zero attached hydrogens (tertiary/aromatic N) is 1. The molecule has 0 aliphatic carbocycles. The van der Waals surface area contributed by atoms with Crippen LogP contribution in [0.15, 0.2) is 48.5 Å². The van der Waals surface area contributed by atoms with Gasteiger partial charge < -0.3 is 4.90 Å². The Morgan fingerprint density at radius 3 is 2.48 bits per heavy atom. The van der Waals surface area contributed by atoms with Crippen LogP contribution >= 0.6 is 11.6 Å². The zero-order valence-corrected chi connectivity index (χ0v) is 13.7. The predicted molar refractivity (Wildman–Crippen MR) is 91.5 cm³/mol. The van der Waals surface area contributed by atoms with E-state index in [0.29, 0.717) is 16.1 Å². The van der Waals surface area contributed by atoms with Crippen LogP contribution < -0.4 is 15.8 Å². The van der Waals surface area contributed by atoms with Gasteiger partial charge in [0.15, 0.2) is 0 Å². The van der Waals surface area contributed by atoms with Crippen LogP contribution in [0.4, 0.5) is 5.69 Å². The van der Waals surface area contributed by atoms with Gasteiger partial charge in [0.25, 0.3) is 5.91 Å². The molecule has 23 heavy (non-hydrogen) atoms. The highest BCUT2D eigenvalue weighted by Gasteiger charge is 2.10. The first-order chi connectivity index (χ1) is 11.0. The van der Waals surface area contributed by atoms with E-state index < -0.39 is 0 Å². The SMILES string of the molecule is CN(C)c1cccc(C(=O)NNC(=O)Cc2ccccc2Cl)c1. The Morgan fingerprint density at radius 2 is 1.78 bits per heavy atom. The van der Waals surface area contributed by atoms with Crippen LogP contribution in [0.1, 0.15) is 15.9 Å². The quantitative estimate of drug-likeness (QED) is 0.846. The first-order valence-corrected chi connectivity index (χ1v) is 7.45. The lowest BCUT2D eigenvalue weighted by Crippen LogP contribution is -2.42. The highest BCUT2D eigenvalue weighted by molar-refractivity contribution is 6.31.